The van der Waals surface area contributed by atoms with E-state index in [1.165, 1.54) is 3.57 Å². The van der Waals surface area contributed by atoms with Crippen molar-refractivity contribution in [3.63, 3.8) is 0 Å². The molecule has 0 bridgehead atoms. The maximum atomic E-state index is 5.31. The van der Waals surface area contributed by atoms with Crippen LogP contribution in [0.4, 0.5) is 0 Å². The molecular formula is C10H16IN3O. The molecule has 0 aliphatic carbocycles. The van der Waals surface area contributed by atoms with Crippen molar-refractivity contribution in [1.29, 1.82) is 0 Å². The number of rotatable bonds is 4. The van der Waals surface area contributed by atoms with E-state index >= 15 is 0 Å². The molecule has 1 aromatic heterocycles. The topological polar surface area (TPSA) is 39.1 Å². The third kappa shape index (κ3) is 3.73. The summed E-state index contributed by atoms with van der Waals surface area (Å²) < 4.78 is 8.48. The molecule has 0 atom stereocenters. The molecule has 4 nitrogen and oxygen atoms in total. The molecule has 2 heterocycles. The zero-order valence-electron chi connectivity index (χ0n) is 8.66. The van der Waals surface area contributed by atoms with Crippen LogP contribution in [0.1, 0.15) is 12.8 Å². The molecule has 1 N–H and O–H groups in total. The van der Waals surface area contributed by atoms with E-state index in [0.717, 1.165) is 39.1 Å². The molecule has 0 radical (unpaired) electrons. The highest BCUT2D eigenvalue weighted by molar-refractivity contribution is 14.1. The molecule has 1 aliphatic rings. The molecule has 15 heavy (non-hydrogen) atoms. The molecule has 5 heteroatoms. The summed E-state index contributed by atoms with van der Waals surface area (Å²) in [6, 6.07) is 0.633. The Morgan fingerprint density at radius 1 is 1.53 bits per heavy atom. The second-order valence-electron chi connectivity index (χ2n) is 3.76. The molecule has 1 saturated heterocycles. The second-order valence-corrected chi connectivity index (χ2v) is 5.01. The average molecular weight is 321 g/mol. The van der Waals surface area contributed by atoms with Crippen LogP contribution in [0, 0.1) is 3.57 Å². The summed E-state index contributed by atoms with van der Waals surface area (Å²) in [7, 11) is 0. The van der Waals surface area contributed by atoms with Gasteiger partial charge in [-0.05, 0) is 35.4 Å². The number of ether oxygens (including phenoxy) is 1. The van der Waals surface area contributed by atoms with Gasteiger partial charge in [0, 0.05) is 32.0 Å². The smallest absolute Gasteiger partial charge is 0.0623 e. The first-order chi connectivity index (χ1) is 7.34. The summed E-state index contributed by atoms with van der Waals surface area (Å²) in [5.41, 5.74) is 0. The van der Waals surface area contributed by atoms with E-state index in [4.69, 9.17) is 4.74 Å². The Morgan fingerprint density at radius 2 is 2.33 bits per heavy atom. The Kier molecular flexibility index (Phi) is 4.40. The predicted octanol–water partition coefficient (Wildman–Crippen LogP) is 1.26. The van der Waals surface area contributed by atoms with Gasteiger partial charge in [0.25, 0.3) is 0 Å². The Labute approximate surface area is 104 Å². The van der Waals surface area contributed by atoms with Crippen LogP contribution in [0.3, 0.4) is 0 Å². The number of hydrogen-bond acceptors (Lipinski definition) is 3. The lowest BCUT2D eigenvalue weighted by molar-refractivity contribution is 0.0778. The zero-order chi connectivity index (χ0) is 10.5. The molecule has 0 unspecified atom stereocenters. The second kappa shape index (κ2) is 5.81. The average Bonchev–Trinajstić information content (AvgIpc) is 2.66. The minimum atomic E-state index is 0.633. The molecular weight excluding hydrogens is 305 g/mol. The summed E-state index contributed by atoms with van der Waals surface area (Å²) in [5, 5.41) is 7.78. The third-order valence-electron chi connectivity index (χ3n) is 2.60. The Hall–Kier alpha value is -0.140. The van der Waals surface area contributed by atoms with E-state index in [-0.39, 0.29) is 0 Å². The fraction of sp³-hybridized carbons (Fsp3) is 0.700. The van der Waals surface area contributed by atoms with E-state index in [1.54, 1.807) is 0 Å². The van der Waals surface area contributed by atoms with E-state index in [9.17, 15) is 0 Å². The summed E-state index contributed by atoms with van der Waals surface area (Å²) in [6.07, 6.45) is 6.22. The fourth-order valence-electron chi connectivity index (χ4n) is 1.75. The summed E-state index contributed by atoms with van der Waals surface area (Å²) >= 11 is 2.28. The van der Waals surface area contributed by atoms with Crippen molar-refractivity contribution in [2.75, 3.05) is 19.8 Å². The fourth-order valence-corrected chi connectivity index (χ4v) is 2.19. The number of aromatic nitrogens is 2. The number of nitrogens with one attached hydrogen (secondary N) is 1. The first kappa shape index (κ1) is 11.3. The van der Waals surface area contributed by atoms with E-state index < -0.39 is 0 Å². The monoisotopic (exact) mass is 321 g/mol. The van der Waals surface area contributed by atoms with E-state index in [0.29, 0.717) is 6.04 Å². The molecule has 0 amide bonds. The Morgan fingerprint density at radius 3 is 3.00 bits per heavy atom. The number of nitrogens with zero attached hydrogens (tertiary/aromatic N) is 2. The van der Waals surface area contributed by atoms with Gasteiger partial charge in [0.15, 0.2) is 0 Å². The quantitative estimate of drug-likeness (QED) is 0.849. The lowest BCUT2D eigenvalue weighted by atomic mass is 10.1. The normalized spacial score (nSPS) is 18.2. The maximum Gasteiger partial charge on any atom is 0.0623 e. The Balaban J connectivity index is 1.65. The van der Waals surface area contributed by atoms with Crippen molar-refractivity contribution in [3.05, 3.63) is 16.0 Å². The van der Waals surface area contributed by atoms with Crippen LogP contribution >= 0.6 is 22.6 Å². The van der Waals surface area contributed by atoms with Crippen LogP contribution in [-0.2, 0) is 11.3 Å². The molecule has 0 spiro atoms. The lowest BCUT2D eigenvalue weighted by Crippen LogP contribution is -2.36. The summed E-state index contributed by atoms with van der Waals surface area (Å²) in [6.45, 7) is 3.73. The molecule has 0 aromatic carbocycles. The third-order valence-corrected chi connectivity index (χ3v) is 3.15. The van der Waals surface area contributed by atoms with Gasteiger partial charge in [-0.15, -0.1) is 0 Å². The highest BCUT2D eigenvalue weighted by Gasteiger charge is 2.12. The van der Waals surface area contributed by atoms with Crippen molar-refractivity contribution >= 4 is 22.6 Å². The van der Waals surface area contributed by atoms with Crippen molar-refractivity contribution in [2.24, 2.45) is 0 Å². The van der Waals surface area contributed by atoms with Crippen LogP contribution in [0.25, 0.3) is 0 Å². The first-order valence-electron chi connectivity index (χ1n) is 5.34. The van der Waals surface area contributed by atoms with Crippen LogP contribution in [0.15, 0.2) is 12.4 Å². The van der Waals surface area contributed by atoms with Gasteiger partial charge < -0.3 is 10.1 Å². The zero-order valence-corrected chi connectivity index (χ0v) is 10.8. The molecule has 84 valence electrons. The number of halogens is 1. The number of hydrogen-bond donors (Lipinski definition) is 1. The SMILES string of the molecule is Ic1cnn(CCNC2CCOCC2)c1. The Bertz CT molecular complexity index is 297. The van der Waals surface area contributed by atoms with Gasteiger partial charge >= 0.3 is 0 Å². The van der Waals surface area contributed by atoms with Gasteiger partial charge in [-0.25, -0.2) is 0 Å². The van der Waals surface area contributed by atoms with Crippen molar-refractivity contribution in [1.82, 2.24) is 15.1 Å². The molecule has 0 saturated carbocycles. The lowest BCUT2D eigenvalue weighted by Gasteiger charge is -2.23. The van der Waals surface area contributed by atoms with Crippen molar-refractivity contribution in [3.8, 4) is 0 Å². The van der Waals surface area contributed by atoms with Crippen molar-refractivity contribution < 1.29 is 4.74 Å². The summed E-state index contributed by atoms with van der Waals surface area (Å²) in [5.74, 6) is 0. The van der Waals surface area contributed by atoms with Crippen molar-refractivity contribution in [2.45, 2.75) is 25.4 Å². The largest absolute Gasteiger partial charge is 0.381 e. The highest BCUT2D eigenvalue weighted by Crippen LogP contribution is 2.05. The minimum absolute atomic E-state index is 0.633. The minimum Gasteiger partial charge on any atom is -0.381 e. The highest BCUT2D eigenvalue weighted by atomic mass is 127. The standard InChI is InChI=1S/C10H16IN3O/c11-9-7-13-14(8-9)4-3-12-10-1-5-15-6-2-10/h7-8,10,12H,1-6H2. The van der Waals surface area contributed by atoms with Gasteiger partial charge in [-0.2, -0.15) is 5.10 Å². The van der Waals surface area contributed by atoms with Crippen LogP contribution in [-0.4, -0.2) is 35.6 Å². The first-order valence-corrected chi connectivity index (χ1v) is 6.41. The molecule has 1 fully saturated rings. The van der Waals surface area contributed by atoms with E-state index in [1.807, 2.05) is 10.9 Å². The molecule has 1 aromatic rings. The van der Waals surface area contributed by atoms with Crippen LogP contribution in [0.5, 0.6) is 0 Å². The molecule has 2 rings (SSSR count). The van der Waals surface area contributed by atoms with Gasteiger partial charge in [-0.3, -0.25) is 4.68 Å². The van der Waals surface area contributed by atoms with Gasteiger partial charge in [0.1, 0.15) is 0 Å². The predicted molar refractivity (Wildman–Crippen MR) is 66.8 cm³/mol. The van der Waals surface area contributed by atoms with Gasteiger partial charge in [0.2, 0.25) is 0 Å². The van der Waals surface area contributed by atoms with Crippen LogP contribution < -0.4 is 5.32 Å². The summed E-state index contributed by atoms with van der Waals surface area (Å²) in [4.78, 5) is 0. The maximum absolute atomic E-state index is 5.31. The molecule has 1 aliphatic heterocycles. The van der Waals surface area contributed by atoms with Gasteiger partial charge in [0.05, 0.1) is 16.3 Å². The van der Waals surface area contributed by atoms with Crippen LogP contribution in [0.2, 0.25) is 0 Å². The van der Waals surface area contributed by atoms with E-state index in [2.05, 4.69) is 39.2 Å². The van der Waals surface area contributed by atoms with Gasteiger partial charge in [-0.1, -0.05) is 0 Å².